The van der Waals surface area contributed by atoms with Crippen LogP contribution in [0.15, 0.2) is 18.6 Å². The molecular formula is C14H21N5O2. The van der Waals surface area contributed by atoms with Crippen LogP contribution in [0.2, 0.25) is 0 Å². The molecule has 0 radical (unpaired) electrons. The molecule has 0 saturated carbocycles. The van der Waals surface area contributed by atoms with Gasteiger partial charge in [0.25, 0.3) is 0 Å². The smallest absolute Gasteiger partial charge is 0.163 e. The van der Waals surface area contributed by atoms with Crippen LogP contribution in [0, 0.1) is 6.92 Å². The lowest BCUT2D eigenvalue weighted by atomic mass is 10.2. The number of methoxy groups -OCH3 is 1. The summed E-state index contributed by atoms with van der Waals surface area (Å²) in [6.07, 6.45) is 3.89. The summed E-state index contributed by atoms with van der Waals surface area (Å²) in [4.78, 5) is 10.4. The maximum absolute atomic E-state index is 10.6. The fraction of sp³-hybridized carbons (Fsp3) is 0.500. The van der Waals surface area contributed by atoms with Crippen LogP contribution >= 0.6 is 0 Å². The van der Waals surface area contributed by atoms with Gasteiger partial charge >= 0.3 is 0 Å². The van der Waals surface area contributed by atoms with Crippen molar-refractivity contribution in [2.24, 2.45) is 0 Å². The molecule has 0 fully saturated rings. The number of nitrogens with zero attached hydrogens (tertiary/aromatic N) is 5. The highest BCUT2D eigenvalue weighted by Gasteiger charge is 2.23. The van der Waals surface area contributed by atoms with Crippen LogP contribution in [0.25, 0.3) is 0 Å². The standard InChI is InChI=1S/C14H21N5O2/c1-10-7-16-11(8-15-10)14(20)13-12(21-4)9-17-19(13)6-5-18(2)3/h7-9,14,20H,5-6H2,1-4H3. The van der Waals surface area contributed by atoms with Crippen LogP contribution in [-0.2, 0) is 6.54 Å². The van der Waals surface area contributed by atoms with E-state index < -0.39 is 6.10 Å². The van der Waals surface area contributed by atoms with Gasteiger partial charge in [-0.15, -0.1) is 0 Å². The molecule has 0 aliphatic rings. The summed E-state index contributed by atoms with van der Waals surface area (Å²) < 4.78 is 7.04. The van der Waals surface area contributed by atoms with E-state index in [9.17, 15) is 5.11 Å². The number of aliphatic hydroxyl groups excluding tert-OH is 1. The Balaban J connectivity index is 2.31. The van der Waals surface area contributed by atoms with Crippen LogP contribution in [0.1, 0.15) is 23.2 Å². The van der Waals surface area contributed by atoms with Crippen LogP contribution in [0.3, 0.4) is 0 Å². The number of hydrogen-bond donors (Lipinski definition) is 1. The summed E-state index contributed by atoms with van der Waals surface area (Å²) in [5.74, 6) is 0.545. The van der Waals surface area contributed by atoms with Crippen molar-refractivity contribution in [2.75, 3.05) is 27.7 Å². The highest BCUT2D eigenvalue weighted by Crippen LogP contribution is 2.28. The van der Waals surface area contributed by atoms with Gasteiger partial charge in [0.2, 0.25) is 0 Å². The molecule has 114 valence electrons. The third kappa shape index (κ3) is 3.56. The van der Waals surface area contributed by atoms with Crippen molar-refractivity contribution in [3.8, 4) is 5.75 Å². The van der Waals surface area contributed by atoms with Crippen LogP contribution in [0.4, 0.5) is 0 Å². The fourth-order valence-electron chi connectivity index (χ4n) is 1.97. The third-order valence-corrected chi connectivity index (χ3v) is 3.16. The van der Waals surface area contributed by atoms with Crippen molar-refractivity contribution in [1.82, 2.24) is 24.6 Å². The molecule has 0 amide bonds. The molecule has 7 heteroatoms. The molecule has 2 heterocycles. The molecule has 0 saturated heterocycles. The van der Waals surface area contributed by atoms with Gasteiger partial charge in [-0.3, -0.25) is 14.6 Å². The Kier molecular flexibility index (Phi) is 4.87. The predicted octanol–water partition coefficient (Wildman–Crippen LogP) is 0.633. The van der Waals surface area contributed by atoms with Gasteiger partial charge < -0.3 is 14.7 Å². The number of hydrogen-bond acceptors (Lipinski definition) is 6. The minimum atomic E-state index is -0.919. The van der Waals surface area contributed by atoms with Crippen LogP contribution in [-0.4, -0.2) is 57.5 Å². The maximum Gasteiger partial charge on any atom is 0.163 e. The lowest BCUT2D eigenvalue weighted by Crippen LogP contribution is -2.21. The Hall–Kier alpha value is -1.99. The van der Waals surface area contributed by atoms with Crippen molar-refractivity contribution in [2.45, 2.75) is 19.6 Å². The van der Waals surface area contributed by atoms with E-state index >= 15 is 0 Å². The predicted molar refractivity (Wildman–Crippen MR) is 78.2 cm³/mol. The Morgan fingerprint density at radius 2 is 2.05 bits per heavy atom. The Morgan fingerprint density at radius 1 is 1.29 bits per heavy atom. The van der Waals surface area contributed by atoms with Crippen molar-refractivity contribution >= 4 is 0 Å². The summed E-state index contributed by atoms with van der Waals surface area (Å²) >= 11 is 0. The molecule has 0 aliphatic carbocycles. The molecule has 1 atom stereocenters. The van der Waals surface area contributed by atoms with Gasteiger partial charge in [0.1, 0.15) is 11.8 Å². The Bertz CT molecular complexity index is 580. The maximum atomic E-state index is 10.6. The zero-order valence-electron chi connectivity index (χ0n) is 12.8. The van der Waals surface area contributed by atoms with Crippen molar-refractivity contribution < 1.29 is 9.84 Å². The van der Waals surface area contributed by atoms with E-state index in [0.29, 0.717) is 23.7 Å². The number of ether oxygens (including phenoxy) is 1. The highest BCUT2D eigenvalue weighted by atomic mass is 16.5. The second kappa shape index (κ2) is 6.64. The number of likely N-dealkylation sites (N-methyl/N-ethyl adjacent to an activating group) is 1. The minimum absolute atomic E-state index is 0.477. The van der Waals surface area contributed by atoms with Gasteiger partial charge in [-0.25, -0.2) is 0 Å². The zero-order valence-corrected chi connectivity index (χ0v) is 12.8. The van der Waals surface area contributed by atoms with Gasteiger partial charge in [0.15, 0.2) is 5.75 Å². The second-order valence-electron chi connectivity index (χ2n) is 5.11. The molecule has 0 aromatic carbocycles. The largest absolute Gasteiger partial charge is 0.493 e. The number of aliphatic hydroxyl groups is 1. The van der Waals surface area contributed by atoms with Crippen LogP contribution in [0.5, 0.6) is 5.75 Å². The molecule has 7 nitrogen and oxygen atoms in total. The second-order valence-corrected chi connectivity index (χ2v) is 5.11. The first-order chi connectivity index (χ1) is 10.0. The molecule has 0 aliphatic heterocycles. The van der Waals surface area contributed by atoms with Crippen molar-refractivity contribution in [3.63, 3.8) is 0 Å². The zero-order chi connectivity index (χ0) is 15.4. The fourth-order valence-corrected chi connectivity index (χ4v) is 1.97. The molecule has 1 N–H and O–H groups in total. The normalized spacial score (nSPS) is 12.7. The molecule has 2 rings (SSSR count). The molecule has 0 bridgehead atoms. The van der Waals surface area contributed by atoms with Crippen molar-refractivity contribution in [3.05, 3.63) is 35.7 Å². The summed E-state index contributed by atoms with van der Waals surface area (Å²) in [6, 6.07) is 0. The van der Waals surface area contributed by atoms with Gasteiger partial charge in [-0.05, 0) is 21.0 Å². The number of aryl methyl sites for hydroxylation is 1. The summed E-state index contributed by atoms with van der Waals surface area (Å²) in [5, 5.41) is 14.9. The average molecular weight is 291 g/mol. The van der Waals surface area contributed by atoms with E-state index in [4.69, 9.17) is 4.74 Å². The molecular weight excluding hydrogens is 270 g/mol. The minimum Gasteiger partial charge on any atom is -0.493 e. The molecule has 0 spiro atoms. The lowest BCUT2D eigenvalue weighted by molar-refractivity contribution is 0.195. The summed E-state index contributed by atoms with van der Waals surface area (Å²) in [5.41, 5.74) is 1.88. The van der Waals surface area contributed by atoms with Gasteiger partial charge in [-0.1, -0.05) is 0 Å². The first-order valence-electron chi connectivity index (χ1n) is 6.74. The highest BCUT2D eigenvalue weighted by molar-refractivity contribution is 5.31. The average Bonchev–Trinajstić information content (AvgIpc) is 2.88. The summed E-state index contributed by atoms with van der Waals surface area (Å²) in [6.45, 7) is 3.32. The Morgan fingerprint density at radius 3 is 2.62 bits per heavy atom. The van der Waals surface area contributed by atoms with E-state index in [0.717, 1.165) is 12.2 Å². The van der Waals surface area contributed by atoms with Crippen LogP contribution < -0.4 is 4.74 Å². The third-order valence-electron chi connectivity index (χ3n) is 3.16. The van der Waals surface area contributed by atoms with Crippen molar-refractivity contribution in [1.29, 1.82) is 0 Å². The topological polar surface area (TPSA) is 76.3 Å². The molecule has 1 unspecified atom stereocenters. The quantitative estimate of drug-likeness (QED) is 0.841. The first-order valence-corrected chi connectivity index (χ1v) is 6.74. The van der Waals surface area contributed by atoms with Gasteiger partial charge in [-0.2, -0.15) is 5.10 Å². The number of aromatic nitrogens is 4. The first kappa shape index (κ1) is 15.4. The Labute approximate surface area is 124 Å². The molecule has 2 aromatic heterocycles. The van der Waals surface area contributed by atoms with E-state index in [2.05, 4.69) is 20.0 Å². The lowest BCUT2D eigenvalue weighted by Gasteiger charge is -2.16. The van der Waals surface area contributed by atoms with Gasteiger partial charge in [0, 0.05) is 12.7 Å². The number of rotatable bonds is 6. The van der Waals surface area contributed by atoms with E-state index in [1.54, 1.807) is 30.4 Å². The van der Waals surface area contributed by atoms with Gasteiger partial charge in [0.05, 0.1) is 37.4 Å². The van der Waals surface area contributed by atoms with E-state index in [-0.39, 0.29) is 0 Å². The summed E-state index contributed by atoms with van der Waals surface area (Å²) in [7, 11) is 5.54. The van der Waals surface area contributed by atoms with E-state index in [1.807, 2.05) is 21.0 Å². The monoisotopic (exact) mass is 291 g/mol. The molecule has 21 heavy (non-hydrogen) atoms. The SMILES string of the molecule is COc1cnn(CCN(C)C)c1C(O)c1cnc(C)cn1. The van der Waals surface area contributed by atoms with E-state index in [1.165, 1.54) is 0 Å². The molecule has 2 aromatic rings.